The molecule has 0 fully saturated rings. The molecule has 7 nitrogen and oxygen atoms in total. The van der Waals surface area contributed by atoms with E-state index >= 15 is 0 Å². The molecule has 380 valence electrons. The maximum absolute atomic E-state index is 13.0. The Hall–Kier alpha value is -1.63. The average molecular weight is 906 g/mol. The molecule has 0 aliphatic rings. The van der Waals surface area contributed by atoms with E-state index in [9.17, 15) is 9.59 Å². The molecule has 0 aliphatic carbocycles. The molecule has 0 saturated heterocycles. The van der Waals surface area contributed by atoms with Crippen LogP contribution in [0, 0.1) is 17.2 Å². The monoisotopic (exact) mass is 905 g/mol. The standard InChI is InChI=1S/C57H112N2O5/c1-7-11-15-19-27-35-44-52(42-33-17-13-9-3)56(60)62-50-39-31-25-21-23-29-37-46-54(64-55(58)48-41-49-59(5)6)47-38-30-24-22-26-32-40-51-63-57(61)53(43-34-18-14-10-4)45-36-28-20-16-12-8-2/h52-54,58H,7-51H2,1-6H3. The second-order valence-electron chi connectivity index (χ2n) is 20.1. The zero-order valence-corrected chi connectivity index (χ0v) is 44.0. The fraction of sp³-hybridized carbons (Fsp3) is 0.947. The molecule has 2 atom stereocenters. The Balaban J connectivity index is 4.40. The zero-order valence-electron chi connectivity index (χ0n) is 44.0. The van der Waals surface area contributed by atoms with Crippen molar-refractivity contribution in [3.8, 4) is 0 Å². The van der Waals surface area contributed by atoms with Crippen molar-refractivity contribution in [3.05, 3.63) is 0 Å². The maximum Gasteiger partial charge on any atom is 0.308 e. The molecule has 0 radical (unpaired) electrons. The van der Waals surface area contributed by atoms with Crippen LogP contribution >= 0.6 is 0 Å². The molecular weight excluding hydrogens is 793 g/mol. The van der Waals surface area contributed by atoms with Crippen LogP contribution in [0.3, 0.4) is 0 Å². The molecule has 1 N–H and O–H groups in total. The summed E-state index contributed by atoms with van der Waals surface area (Å²) in [5.74, 6) is 0.785. The van der Waals surface area contributed by atoms with Gasteiger partial charge < -0.3 is 19.1 Å². The van der Waals surface area contributed by atoms with E-state index in [0.29, 0.717) is 19.1 Å². The molecule has 0 bridgehead atoms. The maximum atomic E-state index is 13.0. The molecule has 2 unspecified atom stereocenters. The predicted molar refractivity (Wildman–Crippen MR) is 277 cm³/mol. The first-order chi connectivity index (χ1) is 31.3. The summed E-state index contributed by atoms with van der Waals surface area (Å²) < 4.78 is 17.9. The Morgan fingerprint density at radius 3 is 1.00 bits per heavy atom. The van der Waals surface area contributed by atoms with Gasteiger partial charge in [0.1, 0.15) is 6.10 Å². The molecule has 7 heteroatoms. The summed E-state index contributed by atoms with van der Waals surface area (Å²) in [5, 5.41) is 8.52. The summed E-state index contributed by atoms with van der Waals surface area (Å²) >= 11 is 0. The molecule has 0 saturated carbocycles. The molecule has 0 rings (SSSR count). The van der Waals surface area contributed by atoms with Gasteiger partial charge in [-0.15, -0.1) is 0 Å². The smallest absolute Gasteiger partial charge is 0.308 e. The Bertz CT molecular complexity index is 940. The summed E-state index contributed by atoms with van der Waals surface area (Å²) in [7, 11) is 4.18. The summed E-state index contributed by atoms with van der Waals surface area (Å²) in [6.45, 7) is 11.2. The minimum Gasteiger partial charge on any atom is -0.478 e. The van der Waals surface area contributed by atoms with Crippen molar-refractivity contribution in [1.82, 2.24) is 4.90 Å². The molecular formula is C57H112N2O5. The van der Waals surface area contributed by atoms with Crippen LogP contribution in [0.2, 0.25) is 0 Å². The second-order valence-corrected chi connectivity index (χ2v) is 20.1. The van der Waals surface area contributed by atoms with Crippen LogP contribution in [-0.2, 0) is 23.8 Å². The van der Waals surface area contributed by atoms with Crippen LogP contribution in [0.15, 0.2) is 0 Å². The topological polar surface area (TPSA) is 88.9 Å². The highest BCUT2D eigenvalue weighted by Gasteiger charge is 2.21. The highest BCUT2D eigenvalue weighted by atomic mass is 16.5. The van der Waals surface area contributed by atoms with Gasteiger partial charge in [0.15, 0.2) is 5.90 Å². The highest BCUT2D eigenvalue weighted by molar-refractivity contribution is 5.73. The third-order valence-electron chi connectivity index (χ3n) is 13.4. The largest absolute Gasteiger partial charge is 0.478 e. The van der Waals surface area contributed by atoms with Gasteiger partial charge in [0.05, 0.1) is 25.0 Å². The quantitative estimate of drug-likeness (QED) is 0.0283. The Labute approximate surface area is 399 Å². The fourth-order valence-electron chi connectivity index (χ4n) is 9.11. The molecule has 64 heavy (non-hydrogen) atoms. The van der Waals surface area contributed by atoms with Gasteiger partial charge in [0.2, 0.25) is 0 Å². The van der Waals surface area contributed by atoms with Crippen molar-refractivity contribution in [3.63, 3.8) is 0 Å². The first-order valence-electron chi connectivity index (χ1n) is 28.5. The lowest BCUT2D eigenvalue weighted by Crippen LogP contribution is -2.20. The van der Waals surface area contributed by atoms with Gasteiger partial charge in [-0.25, -0.2) is 0 Å². The number of hydrogen-bond acceptors (Lipinski definition) is 7. The minimum absolute atomic E-state index is 0.0639. The molecule has 0 spiro atoms. The van der Waals surface area contributed by atoms with Crippen LogP contribution in [0.5, 0.6) is 0 Å². The predicted octanol–water partition coefficient (Wildman–Crippen LogP) is 17.7. The fourth-order valence-corrected chi connectivity index (χ4v) is 9.11. The number of esters is 2. The Morgan fingerprint density at radius 1 is 0.391 bits per heavy atom. The summed E-state index contributed by atoms with van der Waals surface area (Å²) in [6.07, 6.45) is 49.3. The molecule has 0 aromatic rings. The average Bonchev–Trinajstić information content (AvgIpc) is 3.28. The van der Waals surface area contributed by atoms with Crippen molar-refractivity contribution in [2.75, 3.05) is 33.9 Å². The van der Waals surface area contributed by atoms with Crippen LogP contribution in [0.25, 0.3) is 0 Å². The minimum atomic E-state index is 0.0639. The molecule has 0 aromatic heterocycles. The molecule has 0 heterocycles. The summed E-state index contributed by atoms with van der Waals surface area (Å²) in [6, 6.07) is 0. The number of nitrogens with zero attached hydrogens (tertiary/aromatic N) is 1. The van der Waals surface area contributed by atoms with Crippen LogP contribution in [0.4, 0.5) is 0 Å². The van der Waals surface area contributed by atoms with E-state index in [1.165, 1.54) is 154 Å². The first-order valence-corrected chi connectivity index (χ1v) is 28.5. The summed E-state index contributed by atoms with van der Waals surface area (Å²) in [4.78, 5) is 28.2. The van der Waals surface area contributed by atoms with E-state index in [1.807, 2.05) is 0 Å². The van der Waals surface area contributed by atoms with E-state index in [2.05, 4.69) is 46.7 Å². The number of rotatable bonds is 51. The number of hydrogen-bond donors (Lipinski definition) is 1. The van der Waals surface area contributed by atoms with Crippen LogP contribution < -0.4 is 0 Å². The van der Waals surface area contributed by atoms with Crippen LogP contribution in [-0.4, -0.2) is 62.7 Å². The lowest BCUT2D eigenvalue weighted by atomic mass is 9.94. The van der Waals surface area contributed by atoms with Crippen LogP contribution in [0.1, 0.15) is 297 Å². The van der Waals surface area contributed by atoms with Crippen molar-refractivity contribution >= 4 is 17.8 Å². The zero-order chi connectivity index (χ0) is 47.0. The van der Waals surface area contributed by atoms with E-state index < -0.39 is 0 Å². The number of nitrogens with one attached hydrogen (secondary N) is 1. The first kappa shape index (κ1) is 62.4. The Kier molecular flexibility index (Phi) is 48.0. The van der Waals surface area contributed by atoms with Crippen molar-refractivity contribution in [1.29, 1.82) is 5.41 Å². The molecule has 0 amide bonds. The lowest BCUT2D eigenvalue weighted by molar-refractivity contribution is -0.150. The summed E-state index contributed by atoms with van der Waals surface area (Å²) in [5.41, 5.74) is 0. The number of carbonyl (C=O) groups excluding carboxylic acids is 2. The van der Waals surface area contributed by atoms with E-state index in [1.54, 1.807) is 0 Å². The van der Waals surface area contributed by atoms with Gasteiger partial charge in [-0.2, -0.15) is 0 Å². The highest BCUT2D eigenvalue weighted by Crippen LogP contribution is 2.23. The molecule has 0 aromatic carbocycles. The SMILES string of the molecule is CCCCCCCCC(CCCCCC)C(=O)OCCCCCCCCCC(CCCCCCCCCOC(=O)C(CCCCCC)CCCCCCCC)OC(=N)CCCN(C)C. The van der Waals surface area contributed by atoms with Gasteiger partial charge in [0, 0.05) is 6.42 Å². The van der Waals surface area contributed by atoms with E-state index in [-0.39, 0.29) is 29.9 Å². The number of carbonyl (C=O) groups is 2. The third kappa shape index (κ3) is 43.0. The number of ether oxygens (including phenoxy) is 3. The number of unbranched alkanes of at least 4 members (excludes halogenated alkanes) is 28. The normalized spacial score (nSPS) is 13.0. The second kappa shape index (κ2) is 49.3. The third-order valence-corrected chi connectivity index (χ3v) is 13.4. The van der Waals surface area contributed by atoms with Gasteiger partial charge in [0.25, 0.3) is 0 Å². The van der Waals surface area contributed by atoms with Gasteiger partial charge in [-0.05, 0) is 91.3 Å². The van der Waals surface area contributed by atoms with Crippen molar-refractivity contribution in [2.24, 2.45) is 11.8 Å². The van der Waals surface area contributed by atoms with Gasteiger partial charge in [-0.1, -0.05) is 220 Å². The van der Waals surface area contributed by atoms with E-state index in [0.717, 1.165) is 122 Å². The van der Waals surface area contributed by atoms with E-state index in [4.69, 9.17) is 19.6 Å². The Morgan fingerprint density at radius 2 is 0.672 bits per heavy atom. The molecule has 0 aliphatic heterocycles. The lowest BCUT2D eigenvalue weighted by Gasteiger charge is -2.20. The van der Waals surface area contributed by atoms with Gasteiger partial charge in [-0.3, -0.25) is 15.0 Å². The van der Waals surface area contributed by atoms with Crippen molar-refractivity contribution < 1.29 is 23.8 Å². The van der Waals surface area contributed by atoms with Gasteiger partial charge >= 0.3 is 11.9 Å². The van der Waals surface area contributed by atoms with Crippen molar-refractivity contribution in [2.45, 2.75) is 303 Å².